The van der Waals surface area contributed by atoms with Crippen LogP contribution in [0.3, 0.4) is 0 Å². The number of aromatic amines is 2. The van der Waals surface area contributed by atoms with Gasteiger partial charge < -0.3 is 10.3 Å². The third-order valence-electron chi connectivity index (χ3n) is 5.54. The number of aromatic nitrogens is 4. The minimum Gasteiger partial charge on any atom is -0.338 e. The fourth-order valence-corrected chi connectivity index (χ4v) is 4.72. The van der Waals surface area contributed by atoms with Crippen molar-refractivity contribution in [2.24, 2.45) is 0 Å². The van der Waals surface area contributed by atoms with Gasteiger partial charge in [0.25, 0.3) is 0 Å². The summed E-state index contributed by atoms with van der Waals surface area (Å²) < 4.78 is 13.6. The Morgan fingerprint density at radius 1 is 1.29 bits per heavy atom. The normalized spacial score (nSPS) is 15.6. The number of hydrogen-bond acceptors (Lipinski definition) is 4. The number of rotatable bonds is 4. The number of allylic oxidation sites excluding steroid dienone is 1. The van der Waals surface area contributed by atoms with Gasteiger partial charge in [0.2, 0.25) is 0 Å². The molecule has 0 atom stereocenters. The molecule has 0 spiro atoms. The molecule has 0 amide bonds. The molecule has 7 heteroatoms. The summed E-state index contributed by atoms with van der Waals surface area (Å²) in [5.74, 6) is 0. The lowest BCUT2D eigenvalue weighted by molar-refractivity contribution is 0.657. The van der Waals surface area contributed by atoms with Crippen LogP contribution in [0.25, 0.3) is 45.0 Å². The van der Waals surface area contributed by atoms with Crippen LogP contribution in [-0.4, -0.2) is 33.3 Å². The van der Waals surface area contributed by atoms with Gasteiger partial charge in [0.1, 0.15) is 11.3 Å². The molecule has 4 aromatic rings. The van der Waals surface area contributed by atoms with Crippen molar-refractivity contribution in [1.82, 2.24) is 25.5 Å². The van der Waals surface area contributed by atoms with Crippen LogP contribution in [0.4, 0.5) is 4.39 Å². The van der Waals surface area contributed by atoms with Crippen LogP contribution in [0.1, 0.15) is 13.3 Å². The zero-order valence-electron chi connectivity index (χ0n) is 17.1. The Labute approximate surface area is 182 Å². The molecule has 4 aromatic heterocycles. The maximum absolute atomic E-state index is 13.6. The van der Waals surface area contributed by atoms with E-state index in [0.29, 0.717) is 0 Å². The van der Waals surface area contributed by atoms with E-state index >= 15 is 0 Å². The van der Waals surface area contributed by atoms with E-state index in [1.165, 1.54) is 11.6 Å². The first kappa shape index (κ1) is 19.7. The quantitative estimate of drug-likeness (QED) is 0.459. The molecular weight excluding hydrogens is 409 g/mol. The maximum atomic E-state index is 13.6. The molecule has 0 saturated heterocycles. The number of pyridine rings is 1. The van der Waals surface area contributed by atoms with E-state index in [1.54, 1.807) is 12.3 Å². The van der Waals surface area contributed by atoms with Crippen molar-refractivity contribution in [3.63, 3.8) is 0 Å². The average Bonchev–Trinajstić information content (AvgIpc) is 3.51. The molecule has 31 heavy (non-hydrogen) atoms. The number of hydrogen-bond donors (Lipinski definition) is 3. The van der Waals surface area contributed by atoms with E-state index in [2.05, 4.69) is 44.2 Å². The van der Waals surface area contributed by atoms with Gasteiger partial charge in [-0.05, 0) is 61.4 Å². The van der Waals surface area contributed by atoms with Crippen LogP contribution in [0.15, 0.2) is 54.3 Å². The summed E-state index contributed by atoms with van der Waals surface area (Å²) in [6.45, 7) is 8.11. The van der Waals surface area contributed by atoms with Crippen LogP contribution in [0.2, 0.25) is 0 Å². The zero-order chi connectivity index (χ0) is 21.4. The van der Waals surface area contributed by atoms with Gasteiger partial charge in [0.15, 0.2) is 5.13 Å². The van der Waals surface area contributed by atoms with Gasteiger partial charge in [-0.2, -0.15) is 9.49 Å². The fraction of sp³-hybridized carbons (Fsp3) is 0.167. The number of thiophene rings is 1. The van der Waals surface area contributed by atoms with Crippen molar-refractivity contribution in [2.75, 3.05) is 13.1 Å². The molecule has 0 fully saturated rings. The van der Waals surface area contributed by atoms with Gasteiger partial charge >= 0.3 is 0 Å². The summed E-state index contributed by atoms with van der Waals surface area (Å²) in [7, 11) is 0. The van der Waals surface area contributed by atoms with Crippen LogP contribution in [0, 0.1) is 5.13 Å². The first-order valence-electron chi connectivity index (χ1n) is 10.2. The van der Waals surface area contributed by atoms with Crippen LogP contribution < -0.4 is 15.9 Å². The van der Waals surface area contributed by atoms with Crippen LogP contribution >= 0.6 is 11.3 Å². The molecule has 156 valence electrons. The highest BCUT2D eigenvalue weighted by atomic mass is 32.1. The summed E-state index contributed by atoms with van der Waals surface area (Å²) in [5, 5.41) is 13.7. The number of nitrogens with zero attached hydrogens (tertiary/aromatic N) is 2. The van der Waals surface area contributed by atoms with Gasteiger partial charge in [-0.15, -0.1) is 11.3 Å². The standard InChI is InChI=1S/C24H22FN5S/c1-3-19-18(12-14(2)15-6-9-26-10-7-15)23(30-29-19)20-13-17-16(8-11-27-24(17)28-20)21-4-5-22(25)31-21/h3-6,8,11-13,26,29H,2,7,9-10H2,1H3,(H,27,28)/b18-12+,19-3+. The van der Waals surface area contributed by atoms with E-state index in [-0.39, 0.29) is 5.13 Å². The minimum atomic E-state index is -0.200. The van der Waals surface area contributed by atoms with E-state index in [4.69, 9.17) is 0 Å². The molecule has 5 nitrogen and oxygen atoms in total. The van der Waals surface area contributed by atoms with Gasteiger partial charge in [0, 0.05) is 33.8 Å². The van der Waals surface area contributed by atoms with Crippen LogP contribution in [0.5, 0.6) is 0 Å². The summed E-state index contributed by atoms with van der Waals surface area (Å²) in [4.78, 5) is 8.74. The number of H-pyrrole nitrogens is 2. The van der Waals surface area contributed by atoms with E-state index in [0.717, 1.165) is 79.8 Å². The summed E-state index contributed by atoms with van der Waals surface area (Å²) in [5.41, 5.74) is 5.62. The molecule has 5 rings (SSSR count). The summed E-state index contributed by atoms with van der Waals surface area (Å²) >= 11 is 1.13. The number of halogens is 1. The Kier molecular flexibility index (Phi) is 5.13. The summed E-state index contributed by atoms with van der Waals surface area (Å²) in [6, 6.07) is 7.25. The molecular formula is C24H22FN5S. The second kappa shape index (κ2) is 8.09. The van der Waals surface area contributed by atoms with Crippen molar-refractivity contribution in [2.45, 2.75) is 13.3 Å². The van der Waals surface area contributed by atoms with Crippen molar-refractivity contribution >= 4 is 34.5 Å². The Morgan fingerprint density at radius 3 is 2.94 bits per heavy atom. The fourth-order valence-electron chi connectivity index (χ4n) is 3.95. The maximum Gasteiger partial charge on any atom is 0.176 e. The Hall–Kier alpha value is -3.29. The first-order chi connectivity index (χ1) is 15.1. The molecule has 0 bridgehead atoms. The predicted octanol–water partition coefficient (Wildman–Crippen LogP) is 3.88. The van der Waals surface area contributed by atoms with Crippen molar-refractivity contribution in [3.8, 4) is 21.8 Å². The molecule has 0 saturated carbocycles. The third-order valence-corrected chi connectivity index (χ3v) is 6.45. The van der Waals surface area contributed by atoms with Crippen molar-refractivity contribution < 1.29 is 4.39 Å². The molecule has 1 aliphatic heterocycles. The number of nitrogens with one attached hydrogen (secondary N) is 3. The smallest absolute Gasteiger partial charge is 0.176 e. The molecule has 0 radical (unpaired) electrons. The van der Waals surface area contributed by atoms with Crippen LogP contribution in [-0.2, 0) is 0 Å². The van der Waals surface area contributed by atoms with E-state index in [1.807, 2.05) is 25.1 Å². The van der Waals surface area contributed by atoms with Crippen molar-refractivity contribution in [3.05, 3.63) is 70.0 Å². The highest BCUT2D eigenvalue weighted by Gasteiger charge is 2.14. The highest BCUT2D eigenvalue weighted by Crippen LogP contribution is 2.33. The monoisotopic (exact) mass is 431 g/mol. The number of fused-ring (bicyclic) bond motifs is 1. The SMILES string of the molecule is C=C(/C=c1/c(-c2cc3c(-c4ccc(F)s4)ccnc3[nH]2)n[nH]/c1=C/C)C1=CCNCC1. The van der Waals surface area contributed by atoms with E-state index in [9.17, 15) is 4.39 Å². The molecule has 0 unspecified atom stereocenters. The van der Waals surface area contributed by atoms with E-state index < -0.39 is 0 Å². The second-order valence-corrected chi connectivity index (χ2v) is 8.48. The molecule has 3 N–H and O–H groups in total. The average molecular weight is 432 g/mol. The lowest BCUT2D eigenvalue weighted by Gasteiger charge is -2.13. The molecule has 5 heterocycles. The lowest BCUT2D eigenvalue weighted by Crippen LogP contribution is -2.25. The zero-order valence-corrected chi connectivity index (χ0v) is 17.9. The molecule has 1 aliphatic rings. The minimum absolute atomic E-state index is 0.200. The second-order valence-electron chi connectivity index (χ2n) is 7.45. The van der Waals surface area contributed by atoms with Crippen molar-refractivity contribution in [1.29, 1.82) is 0 Å². The Bertz CT molecular complexity index is 1440. The summed E-state index contributed by atoms with van der Waals surface area (Å²) in [6.07, 6.45) is 9.00. The molecule has 0 aromatic carbocycles. The predicted molar refractivity (Wildman–Crippen MR) is 126 cm³/mol. The largest absolute Gasteiger partial charge is 0.338 e. The van der Waals surface area contributed by atoms with Gasteiger partial charge in [0.05, 0.1) is 11.0 Å². The Balaban J connectivity index is 1.65. The lowest BCUT2D eigenvalue weighted by atomic mass is 10.00. The highest BCUT2D eigenvalue weighted by molar-refractivity contribution is 7.14. The Morgan fingerprint density at radius 2 is 2.19 bits per heavy atom. The van der Waals surface area contributed by atoms with Gasteiger partial charge in [-0.25, -0.2) is 4.98 Å². The molecule has 0 aliphatic carbocycles. The third kappa shape index (κ3) is 3.66. The first-order valence-corrected chi connectivity index (χ1v) is 11.0. The topological polar surface area (TPSA) is 69.4 Å². The van der Waals surface area contributed by atoms with Gasteiger partial charge in [-0.1, -0.05) is 18.7 Å². The van der Waals surface area contributed by atoms with Gasteiger partial charge in [-0.3, -0.25) is 5.10 Å².